The summed E-state index contributed by atoms with van der Waals surface area (Å²) in [5.41, 5.74) is 6.18. The van der Waals surface area contributed by atoms with E-state index in [4.69, 9.17) is 8.83 Å². The third-order valence-electron chi connectivity index (χ3n) is 6.77. The molecular formula is C24H26N2O2. The van der Waals surface area contributed by atoms with Gasteiger partial charge in [0, 0.05) is 19.3 Å². The van der Waals surface area contributed by atoms with Crippen molar-refractivity contribution in [2.45, 2.75) is 52.4 Å². The van der Waals surface area contributed by atoms with Crippen molar-refractivity contribution < 1.29 is 8.83 Å². The SMILES string of the molecule is Cc1nc2cc(C3(c4ccc5oc(C)nc5c4)C(C)CCCC3C)ccc2o1. The number of hydrogen-bond acceptors (Lipinski definition) is 4. The van der Waals surface area contributed by atoms with Crippen LogP contribution in [0, 0.1) is 25.7 Å². The molecule has 2 atom stereocenters. The van der Waals surface area contributed by atoms with Gasteiger partial charge in [-0.3, -0.25) is 0 Å². The van der Waals surface area contributed by atoms with Gasteiger partial charge in [0.25, 0.3) is 0 Å². The second kappa shape index (κ2) is 6.20. The molecule has 0 radical (unpaired) electrons. The Kier molecular flexibility index (Phi) is 3.87. The number of oxazole rings is 2. The first-order chi connectivity index (χ1) is 13.5. The van der Waals surface area contributed by atoms with Gasteiger partial charge >= 0.3 is 0 Å². The van der Waals surface area contributed by atoms with E-state index in [1.165, 1.54) is 30.4 Å². The Bertz CT molecular complexity index is 1080. The number of nitrogens with zero attached hydrogens (tertiary/aromatic N) is 2. The third kappa shape index (κ3) is 2.43. The fraction of sp³-hybridized carbons (Fsp3) is 0.417. The second-order valence-electron chi connectivity index (χ2n) is 8.43. The van der Waals surface area contributed by atoms with E-state index in [2.05, 4.69) is 60.2 Å². The first-order valence-corrected chi connectivity index (χ1v) is 10.2. The van der Waals surface area contributed by atoms with Crippen LogP contribution < -0.4 is 0 Å². The van der Waals surface area contributed by atoms with Crippen LogP contribution in [0.25, 0.3) is 22.2 Å². The lowest BCUT2D eigenvalue weighted by Crippen LogP contribution is -2.44. The van der Waals surface area contributed by atoms with Crippen molar-refractivity contribution in [3.05, 3.63) is 59.3 Å². The van der Waals surface area contributed by atoms with Crippen molar-refractivity contribution in [1.29, 1.82) is 0 Å². The minimum atomic E-state index is -0.0691. The topological polar surface area (TPSA) is 52.1 Å². The molecule has 1 aliphatic carbocycles. The lowest BCUT2D eigenvalue weighted by molar-refractivity contribution is 0.168. The fourth-order valence-electron chi connectivity index (χ4n) is 5.58. The summed E-state index contributed by atoms with van der Waals surface area (Å²) in [6.07, 6.45) is 3.72. The van der Waals surface area contributed by atoms with Gasteiger partial charge in [0.05, 0.1) is 0 Å². The van der Waals surface area contributed by atoms with Gasteiger partial charge in [-0.1, -0.05) is 32.4 Å². The van der Waals surface area contributed by atoms with Crippen LogP contribution in [0.5, 0.6) is 0 Å². The van der Waals surface area contributed by atoms with Crippen LogP contribution in [0.4, 0.5) is 0 Å². The van der Waals surface area contributed by atoms with Crippen molar-refractivity contribution >= 4 is 22.2 Å². The minimum absolute atomic E-state index is 0.0691. The number of benzene rings is 2. The first kappa shape index (κ1) is 17.5. The Labute approximate surface area is 165 Å². The molecule has 2 unspecified atom stereocenters. The van der Waals surface area contributed by atoms with Gasteiger partial charge in [-0.05, 0) is 60.1 Å². The maximum Gasteiger partial charge on any atom is 0.192 e. The Morgan fingerprint density at radius 2 is 1.25 bits per heavy atom. The van der Waals surface area contributed by atoms with E-state index in [9.17, 15) is 0 Å². The maximum atomic E-state index is 5.73. The maximum absolute atomic E-state index is 5.73. The molecule has 2 heterocycles. The lowest BCUT2D eigenvalue weighted by Gasteiger charge is -2.48. The summed E-state index contributed by atoms with van der Waals surface area (Å²) in [5.74, 6) is 2.47. The molecule has 4 aromatic rings. The van der Waals surface area contributed by atoms with E-state index in [-0.39, 0.29) is 5.41 Å². The highest BCUT2D eigenvalue weighted by Gasteiger charge is 2.46. The molecule has 4 nitrogen and oxygen atoms in total. The summed E-state index contributed by atoms with van der Waals surface area (Å²) in [5, 5.41) is 0. The molecule has 0 saturated heterocycles. The van der Waals surface area contributed by atoms with Crippen LogP contribution in [0.2, 0.25) is 0 Å². The standard InChI is InChI=1S/C24H26N2O2/c1-14-6-5-7-15(2)24(14,18-8-10-22-20(12-18)25-16(3)27-22)19-9-11-23-21(13-19)26-17(4)28-23/h8-15H,5-7H2,1-4H3. The Hall–Kier alpha value is -2.62. The molecule has 0 N–H and O–H groups in total. The average molecular weight is 374 g/mol. The average Bonchev–Trinajstić information content (AvgIpc) is 3.21. The predicted molar refractivity (Wildman–Crippen MR) is 110 cm³/mol. The Morgan fingerprint density at radius 1 is 0.786 bits per heavy atom. The monoisotopic (exact) mass is 374 g/mol. The first-order valence-electron chi connectivity index (χ1n) is 10.2. The molecular weight excluding hydrogens is 348 g/mol. The molecule has 5 rings (SSSR count). The highest BCUT2D eigenvalue weighted by molar-refractivity contribution is 5.76. The van der Waals surface area contributed by atoms with Crippen molar-refractivity contribution in [3.8, 4) is 0 Å². The number of rotatable bonds is 2. The van der Waals surface area contributed by atoms with Crippen molar-refractivity contribution in [2.24, 2.45) is 11.8 Å². The van der Waals surface area contributed by atoms with E-state index in [0.29, 0.717) is 23.6 Å². The predicted octanol–water partition coefficient (Wildman–Crippen LogP) is 6.33. The molecule has 1 aliphatic rings. The molecule has 144 valence electrons. The molecule has 1 saturated carbocycles. The van der Waals surface area contributed by atoms with Gasteiger partial charge in [-0.2, -0.15) is 0 Å². The van der Waals surface area contributed by atoms with Crippen LogP contribution in [0.15, 0.2) is 45.2 Å². The number of hydrogen-bond donors (Lipinski definition) is 0. The van der Waals surface area contributed by atoms with Crippen LogP contribution in [0.1, 0.15) is 56.0 Å². The summed E-state index contributed by atoms with van der Waals surface area (Å²) in [6, 6.07) is 13.1. The van der Waals surface area contributed by atoms with Gasteiger partial charge in [0.2, 0.25) is 0 Å². The lowest BCUT2D eigenvalue weighted by atomic mass is 9.55. The summed E-state index contributed by atoms with van der Waals surface area (Å²) >= 11 is 0. The smallest absolute Gasteiger partial charge is 0.192 e. The van der Waals surface area contributed by atoms with E-state index < -0.39 is 0 Å². The number of fused-ring (bicyclic) bond motifs is 2. The summed E-state index contributed by atoms with van der Waals surface area (Å²) in [7, 11) is 0. The molecule has 0 aliphatic heterocycles. The zero-order chi connectivity index (χ0) is 19.5. The Morgan fingerprint density at radius 3 is 1.71 bits per heavy atom. The fourth-order valence-corrected chi connectivity index (χ4v) is 5.58. The number of aryl methyl sites for hydroxylation is 2. The molecule has 0 amide bonds. The second-order valence-corrected chi connectivity index (χ2v) is 8.43. The summed E-state index contributed by atoms with van der Waals surface area (Å²) in [6.45, 7) is 8.60. The van der Waals surface area contributed by atoms with Crippen LogP contribution >= 0.6 is 0 Å². The number of aromatic nitrogens is 2. The van der Waals surface area contributed by atoms with Crippen LogP contribution in [0.3, 0.4) is 0 Å². The summed E-state index contributed by atoms with van der Waals surface area (Å²) in [4.78, 5) is 9.21. The van der Waals surface area contributed by atoms with Gasteiger partial charge in [0.1, 0.15) is 11.0 Å². The van der Waals surface area contributed by atoms with Gasteiger partial charge in [-0.25, -0.2) is 9.97 Å². The van der Waals surface area contributed by atoms with Crippen LogP contribution in [-0.4, -0.2) is 9.97 Å². The highest BCUT2D eigenvalue weighted by Crippen LogP contribution is 2.52. The van der Waals surface area contributed by atoms with Crippen molar-refractivity contribution in [3.63, 3.8) is 0 Å². The quantitative estimate of drug-likeness (QED) is 0.411. The van der Waals surface area contributed by atoms with Gasteiger partial charge in [0.15, 0.2) is 22.9 Å². The zero-order valence-corrected chi connectivity index (χ0v) is 17.0. The molecule has 1 fully saturated rings. The molecule has 4 heteroatoms. The van der Waals surface area contributed by atoms with Gasteiger partial charge in [-0.15, -0.1) is 0 Å². The van der Waals surface area contributed by atoms with E-state index in [0.717, 1.165) is 22.2 Å². The molecule has 0 spiro atoms. The van der Waals surface area contributed by atoms with E-state index in [1.807, 2.05) is 13.8 Å². The van der Waals surface area contributed by atoms with Gasteiger partial charge < -0.3 is 8.83 Å². The van der Waals surface area contributed by atoms with Crippen LogP contribution in [-0.2, 0) is 5.41 Å². The normalized spacial score (nSPS) is 22.1. The molecule has 28 heavy (non-hydrogen) atoms. The zero-order valence-electron chi connectivity index (χ0n) is 17.0. The largest absolute Gasteiger partial charge is 0.441 e. The molecule has 2 aromatic carbocycles. The highest BCUT2D eigenvalue weighted by atomic mass is 16.3. The minimum Gasteiger partial charge on any atom is -0.441 e. The van der Waals surface area contributed by atoms with Crippen molar-refractivity contribution in [2.75, 3.05) is 0 Å². The summed E-state index contributed by atoms with van der Waals surface area (Å²) < 4.78 is 11.5. The Balaban J connectivity index is 1.78. The van der Waals surface area contributed by atoms with Crippen molar-refractivity contribution in [1.82, 2.24) is 9.97 Å². The molecule has 2 aromatic heterocycles. The van der Waals surface area contributed by atoms with E-state index >= 15 is 0 Å². The molecule has 0 bridgehead atoms. The van der Waals surface area contributed by atoms with E-state index in [1.54, 1.807) is 0 Å². The third-order valence-corrected chi connectivity index (χ3v) is 6.77.